The minimum absolute atomic E-state index is 0.126. The number of aliphatic hydroxyl groups is 1. The van der Waals surface area contributed by atoms with Gasteiger partial charge in [-0.15, -0.1) is 0 Å². The van der Waals surface area contributed by atoms with E-state index in [9.17, 15) is 15.0 Å². The van der Waals surface area contributed by atoms with Crippen molar-refractivity contribution >= 4 is 6.29 Å². The number of nitrogens with zero attached hydrogens (tertiary/aromatic N) is 1. The van der Waals surface area contributed by atoms with E-state index in [1.807, 2.05) is 30.3 Å². The smallest absolute Gasteiger partial charge is 0.154 e. The molecule has 2 aromatic rings. The average molecular weight is 257 g/mol. The van der Waals surface area contributed by atoms with Crippen LogP contribution in [0.15, 0.2) is 30.3 Å². The molecule has 98 valence electrons. The Morgan fingerprint density at radius 1 is 1.26 bits per heavy atom. The van der Waals surface area contributed by atoms with Crippen LogP contribution in [0.1, 0.15) is 32.9 Å². The number of aldehydes is 1. The van der Waals surface area contributed by atoms with Gasteiger partial charge in [0.15, 0.2) is 6.29 Å². The molecular formula is C15H15NO3. The molecule has 19 heavy (non-hydrogen) atoms. The van der Waals surface area contributed by atoms with Crippen LogP contribution < -0.4 is 0 Å². The van der Waals surface area contributed by atoms with Crippen LogP contribution in [-0.4, -0.2) is 21.5 Å². The number of carbonyl (C=O) groups excluding carboxylic acids is 1. The van der Waals surface area contributed by atoms with Crippen molar-refractivity contribution in [3.63, 3.8) is 0 Å². The zero-order chi connectivity index (χ0) is 13.8. The molecule has 2 rings (SSSR count). The van der Waals surface area contributed by atoms with Gasteiger partial charge in [0.2, 0.25) is 0 Å². The predicted octanol–water partition coefficient (Wildman–Crippen LogP) is 1.99. The van der Waals surface area contributed by atoms with Gasteiger partial charge in [-0.1, -0.05) is 30.3 Å². The van der Waals surface area contributed by atoms with Crippen molar-refractivity contribution in [3.8, 4) is 5.75 Å². The predicted molar refractivity (Wildman–Crippen MR) is 71.2 cm³/mol. The monoisotopic (exact) mass is 257 g/mol. The van der Waals surface area contributed by atoms with Crippen molar-refractivity contribution in [1.82, 2.24) is 4.98 Å². The lowest BCUT2D eigenvalue weighted by atomic mass is 10.00. The summed E-state index contributed by atoms with van der Waals surface area (Å²) in [5.41, 5.74) is 2.56. The van der Waals surface area contributed by atoms with Gasteiger partial charge in [-0.05, 0) is 12.5 Å². The summed E-state index contributed by atoms with van der Waals surface area (Å²) in [4.78, 5) is 15.3. The molecule has 0 fully saturated rings. The van der Waals surface area contributed by atoms with Crippen molar-refractivity contribution in [3.05, 3.63) is 58.4 Å². The number of aryl methyl sites for hydroxylation is 1. The Kier molecular flexibility index (Phi) is 3.92. The van der Waals surface area contributed by atoms with E-state index >= 15 is 0 Å². The summed E-state index contributed by atoms with van der Waals surface area (Å²) in [6.07, 6.45) is 1.07. The first-order valence-corrected chi connectivity index (χ1v) is 5.98. The molecule has 0 spiro atoms. The molecule has 0 saturated heterocycles. The highest BCUT2D eigenvalue weighted by Crippen LogP contribution is 2.26. The van der Waals surface area contributed by atoms with Crippen LogP contribution in [0, 0.1) is 6.92 Å². The standard InChI is InChI=1S/C15H15NO3/c1-10-15(19)13(9-18)12(8-17)14(16-10)7-11-5-3-2-4-6-11/h2-6,9,17,19H,7-8H2,1H3. The Morgan fingerprint density at radius 3 is 2.53 bits per heavy atom. The fourth-order valence-corrected chi connectivity index (χ4v) is 2.05. The third-order valence-electron chi connectivity index (χ3n) is 3.06. The summed E-state index contributed by atoms with van der Waals surface area (Å²) in [7, 11) is 0. The Hall–Kier alpha value is -2.20. The molecule has 0 amide bonds. The van der Waals surface area contributed by atoms with E-state index in [1.54, 1.807) is 6.92 Å². The van der Waals surface area contributed by atoms with E-state index in [4.69, 9.17) is 0 Å². The molecule has 0 unspecified atom stereocenters. The van der Waals surface area contributed by atoms with Crippen molar-refractivity contribution < 1.29 is 15.0 Å². The van der Waals surface area contributed by atoms with Crippen LogP contribution in [0.2, 0.25) is 0 Å². The lowest BCUT2D eigenvalue weighted by Crippen LogP contribution is -2.06. The topological polar surface area (TPSA) is 70.4 Å². The number of carbonyl (C=O) groups is 1. The normalized spacial score (nSPS) is 10.4. The van der Waals surface area contributed by atoms with Gasteiger partial charge in [-0.3, -0.25) is 9.78 Å². The maximum Gasteiger partial charge on any atom is 0.154 e. The minimum atomic E-state index is -0.322. The van der Waals surface area contributed by atoms with Crippen LogP contribution in [0.5, 0.6) is 5.75 Å². The number of hydrogen-bond acceptors (Lipinski definition) is 4. The second kappa shape index (κ2) is 5.63. The van der Waals surface area contributed by atoms with Gasteiger partial charge in [0, 0.05) is 12.0 Å². The van der Waals surface area contributed by atoms with Gasteiger partial charge in [0.25, 0.3) is 0 Å². The van der Waals surface area contributed by atoms with Crippen molar-refractivity contribution in [2.45, 2.75) is 20.0 Å². The SMILES string of the molecule is Cc1nc(Cc2ccccc2)c(CO)c(C=O)c1O. The second-order valence-electron chi connectivity index (χ2n) is 4.32. The number of rotatable bonds is 4. The Morgan fingerprint density at radius 2 is 1.95 bits per heavy atom. The lowest BCUT2D eigenvalue weighted by molar-refractivity contribution is 0.111. The molecule has 0 atom stereocenters. The lowest BCUT2D eigenvalue weighted by Gasteiger charge is -2.12. The Labute approximate surface area is 111 Å². The maximum atomic E-state index is 11.1. The zero-order valence-corrected chi connectivity index (χ0v) is 10.6. The summed E-state index contributed by atoms with van der Waals surface area (Å²) < 4.78 is 0. The Bertz CT molecular complexity index is 594. The van der Waals surface area contributed by atoms with Crippen LogP contribution in [0.3, 0.4) is 0 Å². The first-order chi connectivity index (χ1) is 9.17. The van der Waals surface area contributed by atoms with Gasteiger partial charge in [0.05, 0.1) is 23.6 Å². The number of aromatic hydroxyl groups is 1. The van der Waals surface area contributed by atoms with Crippen molar-refractivity contribution in [2.24, 2.45) is 0 Å². The van der Waals surface area contributed by atoms with E-state index in [2.05, 4.69) is 4.98 Å². The molecule has 1 aromatic heterocycles. The van der Waals surface area contributed by atoms with E-state index in [0.29, 0.717) is 29.7 Å². The number of aliphatic hydroxyl groups excluding tert-OH is 1. The van der Waals surface area contributed by atoms with Gasteiger partial charge in [0.1, 0.15) is 5.75 Å². The van der Waals surface area contributed by atoms with E-state index in [1.165, 1.54) is 0 Å². The molecule has 4 nitrogen and oxygen atoms in total. The highest BCUT2D eigenvalue weighted by Gasteiger charge is 2.16. The highest BCUT2D eigenvalue weighted by molar-refractivity contribution is 5.82. The van der Waals surface area contributed by atoms with Crippen LogP contribution in [0.4, 0.5) is 0 Å². The van der Waals surface area contributed by atoms with Gasteiger partial charge in [-0.25, -0.2) is 0 Å². The first-order valence-electron chi connectivity index (χ1n) is 5.98. The molecule has 2 N–H and O–H groups in total. The number of pyridine rings is 1. The van der Waals surface area contributed by atoms with Gasteiger partial charge < -0.3 is 10.2 Å². The fraction of sp³-hybridized carbons (Fsp3) is 0.200. The number of aromatic nitrogens is 1. The first kappa shape index (κ1) is 13.2. The molecule has 0 saturated carbocycles. The summed E-state index contributed by atoms with van der Waals surface area (Å²) >= 11 is 0. The fourth-order valence-electron chi connectivity index (χ4n) is 2.05. The molecular weight excluding hydrogens is 242 g/mol. The van der Waals surface area contributed by atoms with E-state index < -0.39 is 0 Å². The van der Waals surface area contributed by atoms with E-state index in [-0.39, 0.29) is 17.9 Å². The second-order valence-corrected chi connectivity index (χ2v) is 4.32. The number of benzene rings is 1. The van der Waals surface area contributed by atoms with Gasteiger partial charge in [-0.2, -0.15) is 0 Å². The molecule has 1 heterocycles. The highest BCUT2D eigenvalue weighted by atomic mass is 16.3. The zero-order valence-electron chi connectivity index (χ0n) is 10.6. The summed E-state index contributed by atoms with van der Waals surface area (Å²) in [6, 6.07) is 9.66. The molecule has 0 bridgehead atoms. The van der Waals surface area contributed by atoms with Crippen LogP contribution in [0.25, 0.3) is 0 Å². The average Bonchev–Trinajstić information content (AvgIpc) is 2.43. The molecule has 0 radical (unpaired) electrons. The minimum Gasteiger partial charge on any atom is -0.505 e. The third-order valence-corrected chi connectivity index (χ3v) is 3.06. The Balaban J connectivity index is 2.51. The van der Waals surface area contributed by atoms with E-state index in [0.717, 1.165) is 5.56 Å². The van der Waals surface area contributed by atoms with Crippen LogP contribution >= 0.6 is 0 Å². The molecule has 0 aliphatic rings. The summed E-state index contributed by atoms with van der Waals surface area (Å²) in [5, 5.41) is 19.2. The van der Waals surface area contributed by atoms with Crippen molar-refractivity contribution in [1.29, 1.82) is 0 Å². The third kappa shape index (κ3) is 2.63. The van der Waals surface area contributed by atoms with Crippen molar-refractivity contribution in [2.75, 3.05) is 0 Å². The summed E-state index contributed by atoms with van der Waals surface area (Å²) in [6.45, 7) is 1.31. The van der Waals surface area contributed by atoms with Crippen LogP contribution in [-0.2, 0) is 13.0 Å². The summed E-state index contributed by atoms with van der Waals surface area (Å²) in [5.74, 6) is -0.157. The quantitative estimate of drug-likeness (QED) is 0.822. The molecule has 0 aliphatic heterocycles. The molecule has 1 aromatic carbocycles. The van der Waals surface area contributed by atoms with Gasteiger partial charge >= 0.3 is 0 Å². The largest absolute Gasteiger partial charge is 0.505 e. The maximum absolute atomic E-state index is 11.1. The number of hydrogen-bond donors (Lipinski definition) is 2. The molecule has 4 heteroatoms. The molecule has 0 aliphatic carbocycles.